The monoisotopic (exact) mass is 210 g/mol. The van der Waals surface area contributed by atoms with Crippen LogP contribution in [0.2, 0.25) is 0 Å². The molecule has 4 nitrogen and oxygen atoms in total. The second kappa shape index (κ2) is 4.52. The van der Waals surface area contributed by atoms with Crippen molar-refractivity contribution in [2.75, 3.05) is 32.0 Å². The summed E-state index contributed by atoms with van der Waals surface area (Å²) >= 11 is 1.54. The second-order valence-electron chi connectivity index (χ2n) is 3.47. The van der Waals surface area contributed by atoms with E-state index in [1.54, 1.807) is 16.8 Å². The molecule has 1 N–H and O–H groups in total. The molecule has 5 heteroatoms. The molecule has 0 aliphatic carbocycles. The maximum Gasteiger partial charge on any atom is 0.205 e. The molecule has 76 valence electrons. The Morgan fingerprint density at radius 3 is 3.21 bits per heavy atom. The average Bonchev–Trinajstić information content (AvgIpc) is 2.70. The van der Waals surface area contributed by atoms with Crippen LogP contribution >= 0.6 is 11.3 Å². The van der Waals surface area contributed by atoms with Gasteiger partial charge in [-0.1, -0.05) is 23.0 Å². The van der Waals surface area contributed by atoms with Crippen LogP contribution in [0.25, 0.3) is 0 Å². The lowest BCUT2D eigenvalue weighted by molar-refractivity contribution is 0.358. The third kappa shape index (κ3) is 2.52. The van der Waals surface area contributed by atoms with E-state index in [9.17, 15) is 0 Å². The molecule has 0 bridgehead atoms. The van der Waals surface area contributed by atoms with Crippen LogP contribution < -0.4 is 5.32 Å². The zero-order valence-corrected chi connectivity index (χ0v) is 9.05. The van der Waals surface area contributed by atoms with Crippen molar-refractivity contribution in [2.24, 2.45) is 0 Å². The van der Waals surface area contributed by atoms with E-state index >= 15 is 0 Å². The van der Waals surface area contributed by atoms with Crippen LogP contribution in [0.15, 0.2) is 17.2 Å². The van der Waals surface area contributed by atoms with E-state index in [1.165, 1.54) is 5.57 Å². The Hall–Kier alpha value is -0.940. The Morgan fingerprint density at radius 2 is 2.57 bits per heavy atom. The van der Waals surface area contributed by atoms with Gasteiger partial charge < -0.3 is 10.2 Å². The molecule has 1 aromatic heterocycles. The average molecular weight is 210 g/mol. The number of hydrogen-bond donors (Lipinski definition) is 1. The van der Waals surface area contributed by atoms with Gasteiger partial charge in [0.05, 0.1) is 0 Å². The Labute approximate surface area is 87.6 Å². The first-order valence-electron chi connectivity index (χ1n) is 4.71. The highest BCUT2D eigenvalue weighted by Gasteiger charge is 2.07. The molecule has 2 heterocycles. The summed E-state index contributed by atoms with van der Waals surface area (Å²) in [5, 5.41) is 11.9. The number of aromatic nitrogens is 2. The minimum Gasteiger partial charge on any atom is -0.356 e. The molecule has 0 saturated heterocycles. The topological polar surface area (TPSA) is 41.0 Å². The summed E-state index contributed by atoms with van der Waals surface area (Å²) in [4.78, 5) is 2.31. The summed E-state index contributed by atoms with van der Waals surface area (Å²) in [6.07, 6.45) is 3.44. The highest BCUT2D eigenvalue weighted by atomic mass is 32.1. The number of likely N-dealkylation sites (N-methyl/N-ethyl adjacent to an activating group) is 1. The minimum atomic E-state index is 0.906. The highest BCUT2D eigenvalue weighted by Crippen LogP contribution is 2.12. The largest absolute Gasteiger partial charge is 0.356 e. The first-order chi connectivity index (χ1) is 6.84. The molecule has 0 spiro atoms. The van der Waals surface area contributed by atoms with Crippen molar-refractivity contribution in [1.82, 2.24) is 15.1 Å². The number of nitrogens with one attached hydrogen (secondary N) is 1. The molecule has 0 saturated carbocycles. The van der Waals surface area contributed by atoms with Gasteiger partial charge in [0.2, 0.25) is 5.13 Å². The van der Waals surface area contributed by atoms with Crippen LogP contribution in [0.5, 0.6) is 0 Å². The third-order valence-corrected chi connectivity index (χ3v) is 2.98. The van der Waals surface area contributed by atoms with Gasteiger partial charge in [-0.25, -0.2) is 0 Å². The Balaban J connectivity index is 1.81. The standard InChI is InChI=1S/C9H14N4S/c1-13-4-2-8(3-5-13)6-10-9-12-11-7-14-9/h2,7H,3-6H2,1H3,(H,10,12). The third-order valence-electron chi connectivity index (χ3n) is 2.33. The van der Waals surface area contributed by atoms with Gasteiger partial charge in [-0.05, 0) is 13.5 Å². The number of nitrogens with zero attached hydrogens (tertiary/aromatic N) is 3. The van der Waals surface area contributed by atoms with Gasteiger partial charge in [-0.3, -0.25) is 0 Å². The van der Waals surface area contributed by atoms with E-state index in [4.69, 9.17) is 0 Å². The van der Waals surface area contributed by atoms with Crippen molar-refractivity contribution >= 4 is 16.5 Å². The molecule has 0 atom stereocenters. The van der Waals surface area contributed by atoms with Gasteiger partial charge in [0.15, 0.2) is 0 Å². The van der Waals surface area contributed by atoms with E-state index in [2.05, 4.69) is 33.5 Å². The van der Waals surface area contributed by atoms with Crippen molar-refractivity contribution in [3.63, 3.8) is 0 Å². The van der Waals surface area contributed by atoms with Gasteiger partial charge in [0.1, 0.15) is 5.51 Å². The van der Waals surface area contributed by atoms with Crippen LogP contribution in [0, 0.1) is 0 Å². The van der Waals surface area contributed by atoms with Crippen LogP contribution in [0.4, 0.5) is 5.13 Å². The first-order valence-corrected chi connectivity index (χ1v) is 5.59. The Morgan fingerprint density at radius 1 is 1.64 bits per heavy atom. The number of hydrogen-bond acceptors (Lipinski definition) is 5. The summed E-state index contributed by atoms with van der Waals surface area (Å²) < 4.78 is 0. The normalized spacial score (nSPS) is 17.9. The molecular formula is C9H14N4S. The summed E-state index contributed by atoms with van der Waals surface area (Å²) in [6.45, 7) is 3.12. The van der Waals surface area contributed by atoms with Crippen molar-refractivity contribution in [3.05, 3.63) is 17.2 Å². The van der Waals surface area contributed by atoms with Gasteiger partial charge in [0, 0.05) is 19.6 Å². The van der Waals surface area contributed by atoms with Crippen molar-refractivity contribution < 1.29 is 0 Å². The van der Waals surface area contributed by atoms with E-state index in [0.717, 1.165) is 31.2 Å². The molecular weight excluding hydrogens is 196 g/mol. The van der Waals surface area contributed by atoms with Crippen LogP contribution in [-0.2, 0) is 0 Å². The van der Waals surface area contributed by atoms with Crippen molar-refractivity contribution in [1.29, 1.82) is 0 Å². The minimum absolute atomic E-state index is 0.906. The van der Waals surface area contributed by atoms with Gasteiger partial charge in [0.25, 0.3) is 0 Å². The van der Waals surface area contributed by atoms with E-state index in [-0.39, 0.29) is 0 Å². The second-order valence-corrected chi connectivity index (χ2v) is 4.31. The SMILES string of the molecule is CN1CC=C(CNc2nncs2)CC1. The van der Waals surface area contributed by atoms with Crippen LogP contribution in [0.3, 0.4) is 0 Å². The molecule has 14 heavy (non-hydrogen) atoms. The summed E-state index contributed by atoms with van der Waals surface area (Å²) in [5.74, 6) is 0. The first kappa shape index (κ1) is 9.61. The Kier molecular flexibility index (Phi) is 3.10. The summed E-state index contributed by atoms with van der Waals surface area (Å²) in [5.41, 5.74) is 3.21. The predicted octanol–water partition coefficient (Wildman–Crippen LogP) is 1.21. The maximum atomic E-state index is 3.94. The fraction of sp³-hybridized carbons (Fsp3) is 0.556. The zero-order valence-electron chi connectivity index (χ0n) is 8.23. The molecule has 1 aliphatic heterocycles. The molecule has 0 fully saturated rings. The molecule has 0 amide bonds. The molecule has 0 unspecified atom stereocenters. The highest BCUT2D eigenvalue weighted by molar-refractivity contribution is 7.13. The molecule has 0 aromatic carbocycles. The van der Waals surface area contributed by atoms with Gasteiger partial charge in [-0.2, -0.15) is 0 Å². The van der Waals surface area contributed by atoms with Gasteiger partial charge in [-0.15, -0.1) is 10.2 Å². The smallest absolute Gasteiger partial charge is 0.205 e. The molecule has 2 rings (SSSR count). The molecule has 1 aliphatic rings. The van der Waals surface area contributed by atoms with Crippen LogP contribution in [-0.4, -0.2) is 41.8 Å². The van der Waals surface area contributed by atoms with Gasteiger partial charge >= 0.3 is 0 Å². The van der Waals surface area contributed by atoms with E-state index in [0.29, 0.717) is 0 Å². The lowest BCUT2D eigenvalue weighted by Gasteiger charge is -2.21. The van der Waals surface area contributed by atoms with E-state index in [1.807, 2.05) is 0 Å². The summed E-state index contributed by atoms with van der Waals surface area (Å²) in [6, 6.07) is 0. The lowest BCUT2D eigenvalue weighted by Crippen LogP contribution is -2.25. The summed E-state index contributed by atoms with van der Waals surface area (Å²) in [7, 11) is 2.14. The molecule has 1 aromatic rings. The lowest BCUT2D eigenvalue weighted by atomic mass is 10.1. The van der Waals surface area contributed by atoms with Crippen LogP contribution in [0.1, 0.15) is 6.42 Å². The zero-order chi connectivity index (χ0) is 9.80. The Bertz CT molecular complexity index is 307. The van der Waals surface area contributed by atoms with Crippen molar-refractivity contribution in [3.8, 4) is 0 Å². The van der Waals surface area contributed by atoms with E-state index < -0.39 is 0 Å². The maximum absolute atomic E-state index is 3.94. The van der Waals surface area contributed by atoms with Crippen molar-refractivity contribution in [2.45, 2.75) is 6.42 Å². The molecule has 0 radical (unpaired) electrons. The fourth-order valence-corrected chi connectivity index (χ4v) is 1.86. The fourth-order valence-electron chi connectivity index (χ4n) is 1.41. The predicted molar refractivity (Wildman–Crippen MR) is 58.6 cm³/mol. The number of rotatable bonds is 3. The quantitative estimate of drug-likeness (QED) is 0.761. The number of anilines is 1.